The van der Waals surface area contributed by atoms with Crippen molar-refractivity contribution in [1.82, 2.24) is 10.2 Å². The molecule has 0 spiro atoms. The molecule has 1 N–H and O–H groups in total. The van der Waals surface area contributed by atoms with Crippen molar-refractivity contribution in [2.45, 2.75) is 64.7 Å². The van der Waals surface area contributed by atoms with E-state index in [0.29, 0.717) is 12.5 Å². The maximum absolute atomic E-state index is 12.4. The van der Waals surface area contributed by atoms with Crippen LogP contribution in [0.25, 0.3) is 0 Å². The van der Waals surface area contributed by atoms with E-state index >= 15 is 0 Å². The normalized spacial score (nSPS) is 33.4. The van der Waals surface area contributed by atoms with Gasteiger partial charge in [-0.1, -0.05) is 20.8 Å². The largest absolute Gasteiger partial charge is 0.379 e. The SMILES string of the molecule is CCC1NC(CC(C)C)N(C2CCCOC2)C1=O. The standard InChI is InChI=1S/C14H26N2O2/c1-4-12-14(17)16(11-6-5-7-18-9-11)13(15-12)8-10(2)3/h10-13,15H,4-9H2,1-3H3. The Hall–Kier alpha value is -0.610. The average Bonchev–Trinajstić information content (AvgIpc) is 2.66. The molecule has 0 radical (unpaired) electrons. The quantitative estimate of drug-likeness (QED) is 0.831. The van der Waals surface area contributed by atoms with Crippen LogP contribution in [-0.2, 0) is 9.53 Å². The van der Waals surface area contributed by atoms with E-state index in [1.165, 1.54) is 0 Å². The van der Waals surface area contributed by atoms with Gasteiger partial charge >= 0.3 is 0 Å². The Morgan fingerprint density at radius 2 is 2.28 bits per heavy atom. The summed E-state index contributed by atoms with van der Waals surface area (Å²) in [5.74, 6) is 0.872. The molecule has 4 heteroatoms. The van der Waals surface area contributed by atoms with Crippen molar-refractivity contribution in [1.29, 1.82) is 0 Å². The lowest BCUT2D eigenvalue weighted by Gasteiger charge is -2.35. The number of nitrogens with one attached hydrogen (secondary N) is 1. The minimum absolute atomic E-state index is 0.00989. The van der Waals surface area contributed by atoms with Gasteiger partial charge in [0.2, 0.25) is 5.91 Å². The molecule has 0 aliphatic carbocycles. The number of carbonyl (C=O) groups excluding carboxylic acids is 1. The van der Waals surface area contributed by atoms with Gasteiger partial charge in [-0.3, -0.25) is 10.1 Å². The molecule has 2 heterocycles. The first-order valence-electron chi connectivity index (χ1n) is 7.29. The molecule has 0 aromatic heterocycles. The van der Waals surface area contributed by atoms with Gasteiger partial charge in [0.25, 0.3) is 0 Å². The number of nitrogens with zero attached hydrogens (tertiary/aromatic N) is 1. The molecule has 2 rings (SSSR count). The van der Waals surface area contributed by atoms with Gasteiger partial charge in [0.1, 0.15) is 0 Å². The Morgan fingerprint density at radius 1 is 1.50 bits per heavy atom. The van der Waals surface area contributed by atoms with Crippen molar-refractivity contribution in [3.05, 3.63) is 0 Å². The van der Waals surface area contributed by atoms with Gasteiger partial charge in [-0.05, 0) is 31.6 Å². The zero-order chi connectivity index (χ0) is 13.1. The second kappa shape index (κ2) is 6.02. The molecule has 0 aromatic carbocycles. The van der Waals surface area contributed by atoms with E-state index in [9.17, 15) is 4.79 Å². The predicted molar refractivity (Wildman–Crippen MR) is 71.1 cm³/mol. The summed E-state index contributed by atoms with van der Waals surface area (Å²) in [6, 6.07) is 0.287. The average molecular weight is 254 g/mol. The molecule has 0 bridgehead atoms. The maximum atomic E-state index is 12.4. The van der Waals surface area contributed by atoms with Crippen LogP contribution in [0.5, 0.6) is 0 Å². The second-order valence-electron chi connectivity index (χ2n) is 5.89. The first-order chi connectivity index (χ1) is 8.63. The van der Waals surface area contributed by atoms with Gasteiger partial charge < -0.3 is 9.64 Å². The van der Waals surface area contributed by atoms with Gasteiger partial charge in [-0.2, -0.15) is 0 Å². The molecular weight excluding hydrogens is 228 g/mol. The smallest absolute Gasteiger partial charge is 0.241 e. The summed E-state index contributed by atoms with van der Waals surface area (Å²) in [6.07, 6.45) is 4.25. The monoisotopic (exact) mass is 254 g/mol. The number of amides is 1. The summed E-state index contributed by atoms with van der Waals surface area (Å²) in [4.78, 5) is 14.5. The van der Waals surface area contributed by atoms with Gasteiger partial charge in [-0.15, -0.1) is 0 Å². The molecule has 1 amide bonds. The fourth-order valence-corrected chi connectivity index (χ4v) is 3.02. The molecule has 104 valence electrons. The molecule has 0 aromatic rings. The molecule has 3 atom stereocenters. The van der Waals surface area contributed by atoms with Crippen molar-refractivity contribution in [3.8, 4) is 0 Å². The van der Waals surface area contributed by atoms with Crippen LogP contribution >= 0.6 is 0 Å². The number of rotatable bonds is 4. The van der Waals surface area contributed by atoms with Gasteiger partial charge in [0, 0.05) is 6.61 Å². The van der Waals surface area contributed by atoms with Crippen LogP contribution in [0.1, 0.15) is 46.5 Å². The fourth-order valence-electron chi connectivity index (χ4n) is 3.02. The third-order valence-corrected chi connectivity index (χ3v) is 3.91. The highest BCUT2D eigenvalue weighted by atomic mass is 16.5. The summed E-state index contributed by atoms with van der Waals surface area (Å²) in [5, 5.41) is 3.49. The molecule has 2 aliphatic rings. The minimum atomic E-state index is 0.00989. The minimum Gasteiger partial charge on any atom is -0.379 e. The first-order valence-corrected chi connectivity index (χ1v) is 7.29. The number of ether oxygens (including phenoxy) is 1. The third-order valence-electron chi connectivity index (χ3n) is 3.91. The molecule has 18 heavy (non-hydrogen) atoms. The Balaban J connectivity index is 2.08. The van der Waals surface area contributed by atoms with Gasteiger partial charge in [0.15, 0.2) is 0 Å². The van der Waals surface area contributed by atoms with E-state index in [2.05, 4.69) is 31.0 Å². The van der Waals surface area contributed by atoms with Gasteiger partial charge in [-0.25, -0.2) is 0 Å². The Labute approximate surface area is 110 Å². The molecule has 0 saturated carbocycles. The van der Waals surface area contributed by atoms with Crippen molar-refractivity contribution in [3.63, 3.8) is 0 Å². The van der Waals surface area contributed by atoms with Crippen LogP contribution in [0.15, 0.2) is 0 Å². The lowest BCUT2D eigenvalue weighted by molar-refractivity contribution is -0.135. The Morgan fingerprint density at radius 3 is 2.83 bits per heavy atom. The van der Waals surface area contributed by atoms with Crippen LogP contribution < -0.4 is 5.32 Å². The third kappa shape index (κ3) is 2.86. The van der Waals surface area contributed by atoms with Crippen LogP contribution in [0.2, 0.25) is 0 Å². The first kappa shape index (κ1) is 13.8. The van der Waals surface area contributed by atoms with E-state index in [-0.39, 0.29) is 24.2 Å². The molecular formula is C14H26N2O2. The van der Waals surface area contributed by atoms with Crippen LogP contribution in [-0.4, -0.2) is 42.3 Å². The van der Waals surface area contributed by atoms with Gasteiger partial charge in [0.05, 0.1) is 24.9 Å². The van der Waals surface area contributed by atoms with Crippen LogP contribution in [0.3, 0.4) is 0 Å². The van der Waals surface area contributed by atoms with E-state index in [4.69, 9.17) is 4.74 Å². The maximum Gasteiger partial charge on any atom is 0.241 e. The van der Waals surface area contributed by atoms with Crippen molar-refractivity contribution < 1.29 is 9.53 Å². The second-order valence-corrected chi connectivity index (χ2v) is 5.89. The number of hydrogen-bond acceptors (Lipinski definition) is 3. The summed E-state index contributed by atoms with van der Waals surface area (Å²) in [6.45, 7) is 8.04. The molecule has 4 nitrogen and oxygen atoms in total. The molecule has 3 unspecified atom stereocenters. The summed E-state index contributed by atoms with van der Waals surface area (Å²) < 4.78 is 5.54. The predicted octanol–water partition coefficient (Wildman–Crippen LogP) is 1.75. The highest BCUT2D eigenvalue weighted by Gasteiger charge is 2.41. The lowest BCUT2D eigenvalue weighted by Crippen LogP contribution is -2.48. The van der Waals surface area contributed by atoms with Crippen LogP contribution in [0, 0.1) is 5.92 Å². The Kier molecular flexibility index (Phi) is 4.62. The summed E-state index contributed by atoms with van der Waals surface area (Å²) in [7, 11) is 0. The van der Waals surface area contributed by atoms with E-state index in [1.54, 1.807) is 0 Å². The molecule has 2 fully saturated rings. The lowest BCUT2D eigenvalue weighted by atomic mass is 10.0. The zero-order valence-corrected chi connectivity index (χ0v) is 11.8. The molecule has 2 aliphatic heterocycles. The topological polar surface area (TPSA) is 41.6 Å². The number of hydrogen-bond donors (Lipinski definition) is 1. The van der Waals surface area contributed by atoms with Crippen molar-refractivity contribution in [2.24, 2.45) is 5.92 Å². The summed E-state index contributed by atoms with van der Waals surface area (Å²) in [5.41, 5.74) is 0. The highest BCUT2D eigenvalue weighted by Crippen LogP contribution is 2.25. The van der Waals surface area contributed by atoms with E-state index < -0.39 is 0 Å². The zero-order valence-electron chi connectivity index (χ0n) is 11.8. The fraction of sp³-hybridized carbons (Fsp3) is 0.929. The van der Waals surface area contributed by atoms with Crippen molar-refractivity contribution >= 4 is 5.91 Å². The Bertz CT molecular complexity index is 288. The highest BCUT2D eigenvalue weighted by molar-refractivity contribution is 5.84. The van der Waals surface area contributed by atoms with Crippen molar-refractivity contribution in [2.75, 3.05) is 13.2 Å². The summed E-state index contributed by atoms with van der Waals surface area (Å²) >= 11 is 0. The van der Waals surface area contributed by atoms with E-state index in [1.807, 2.05) is 0 Å². The van der Waals surface area contributed by atoms with Crippen LogP contribution in [0.4, 0.5) is 0 Å². The molecule has 2 saturated heterocycles. The number of carbonyl (C=O) groups is 1. The van der Waals surface area contributed by atoms with E-state index in [0.717, 1.165) is 32.3 Å².